The van der Waals surface area contributed by atoms with Crippen LogP contribution in [0.15, 0.2) is 29.3 Å². The molecule has 0 unspecified atom stereocenters. The summed E-state index contributed by atoms with van der Waals surface area (Å²) in [7, 11) is 1.80. The average Bonchev–Trinajstić information content (AvgIpc) is 2.69. The molecule has 0 atom stereocenters. The van der Waals surface area contributed by atoms with Gasteiger partial charge >= 0.3 is 0 Å². The van der Waals surface area contributed by atoms with Gasteiger partial charge in [0, 0.05) is 50.9 Å². The van der Waals surface area contributed by atoms with Gasteiger partial charge < -0.3 is 20.9 Å². The third kappa shape index (κ3) is 6.86. The summed E-state index contributed by atoms with van der Waals surface area (Å²) in [6.45, 7) is 10.1. The first-order valence-electron chi connectivity index (χ1n) is 10.1. The van der Waals surface area contributed by atoms with Gasteiger partial charge in [-0.05, 0) is 50.8 Å². The summed E-state index contributed by atoms with van der Waals surface area (Å²) in [5, 5.41) is 9.82. The van der Waals surface area contributed by atoms with E-state index in [2.05, 4.69) is 39.7 Å². The van der Waals surface area contributed by atoms with Gasteiger partial charge in [-0.25, -0.2) is 0 Å². The third-order valence-electron chi connectivity index (χ3n) is 5.01. The second kappa shape index (κ2) is 10.9. The molecule has 6 heteroatoms. The number of rotatable bonds is 7. The molecule has 3 N–H and O–H groups in total. The minimum atomic E-state index is -0.0156. The van der Waals surface area contributed by atoms with Crippen molar-refractivity contribution in [1.82, 2.24) is 20.9 Å². The molecule has 1 fully saturated rings. The number of nitrogens with zero attached hydrogens (tertiary/aromatic N) is 2. The van der Waals surface area contributed by atoms with Gasteiger partial charge in [0.05, 0.1) is 0 Å². The number of nitrogens with one attached hydrogen (secondary N) is 3. The molecule has 0 saturated carbocycles. The monoisotopic (exact) mass is 373 g/mol. The minimum absolute atomic E-state index is 0.0156. The van der Waals surface area contributed by atoms with Crippen LogP contribution in [-0.2, 0) is 6.54 Å². The van der Waals surface area contributed by atoms with Crippen molar-refractivity contribution in [1.29, 1.82) is 0 Å². The number of hydrogen-bond donors (Lipinski definition) is 3. The standard InChI is InChI=1S/C21H35N5O/c1-5-11-23-20(27)18-8-6-7-17(14-18)15-24-21(22-4)25-19-9-12-26(13-10-19)16(2)3/h6-8,14,16,19H,5,9-13,15H2,1-4H3,(H,23,27)(H2,22,24,25). The van der Waals surface area contributed by atoms with Gasteiger partial charge in [0.2, 0.25) is 0 Å². The largest absolute Gasteiger partial charge is 0.354 e. The molecule has 0 radical (unpaired) electrons. The fraction of sp³-hybridized carbons (Fsp3) is 0.619. The number of piperidine rings is 1. The highest BCUT2D eigenvalue weighted by molar-refractivity contribution is 5.94. The molecule has 1 heterocycles. The molecule has 1 saturated heterocycles. The first-order valence-corrected chi connectivity index (χ1v) is 10.1. The Morgan fingerprint density at radius 2 is 2.00 bits per heavy atom. The zero-order chi connectivity index (χ0) is 19.6. The third-order valence-corrected chi connectivity index (χ3v) is 5.01. The summed E-state index contributed by atoms with van der Waals surface area (Å²) < 4.78 is 0. The zero-order valence-corrected chi connectivity index (χ0v) is 17.2. The zero-order valence-electron chi connectivity index (χ0n) is 17.2. The molecule has 150 valence electrons. The topological polar surface area (TPSA) is 68.8 Å². The van der Waals surface area contributed by atoms with Crippen molar-refractivity contribution in [3.05, 3.63) is 35.4 Å². The first kappa shape index (κ1) is 21.2. The second-order valence-corrected chi connectivity index (χ2v) is 7.43. The van der Waals surface area contributed by atoms with Crippen LogP contribution < -0.4 is 16.0 Å². The quantitative estimate of drug-likeness (QED) is 0.507. The van der Waals surface area contributed by atoms with E-state index in [4.69, 9.17) is 0 Å². The number of carbonyl (C=O) groups excluding carboxylic acids is 1. The van der Waals surface area contributed by atoms with Gasteiger partial charge in [-0.3, -0.25) is 9.79 Å². The van der Waals surface area contributed by atoms with Crippen molar-refractivity contribution in [3.8, 4) is 0 Å². The smallest absolute Gasteiger partial charge is 0.251 e. The fourth-order valence-corrected chi connectivity index (χ4v) is 3.30. The van der Waals surface area contributed by atoms with Crippen LogP contribution in [0, 0.1) is 0 Å². The van der Waals surface area contributed by atoms with Crippen LogP contribution in [0.25, 0.3) is 0 Å². The maximum absolute atomic E-state index is 12.1. The Balaban J connectivity index is 1.83. The van der Waals surface area contributed by atoms with Gasteiger partial charge in [0.25, 0.3) is 5.91 Å². The predicted molar refractivity (Wildman–Crippen MR) is 112 cm³/mol. The number of guanidine groups is 1. The van der Waals surface area contributed by atoms with E-state index in [0.29, 0.717) is 30.7 Å². The summed E-state index contributed by atoms with van der Waals surface area (Å²) in [4.78, 5) is 19.0. The van der Waals surface area contributed by atoms with E-state index in [1.54, 1.807) is 7.05 Å². The molecule has 0 aliphatic carbocycles. The molecule has 1 aromatic rings. The van der Waals surface area contributed by atoms with Crippen LogP contribution in [0.4, 0.5) is 0 Å². The summed E-state index contributed by atoms with van der Waals surface area (Å²) in [5.74, 6) is 0.803. The van der Waals surface area contributed by atoms with Crippen molar-refractivity contribution < 1.29 is 4.79 Å². The molecule has 0 aromatic heterocycles. The van der Waals surface area contributed by atoms with Crippen molar-refractivity contribution >= 4 is 11.9 Å². The Kier molecular flexibility index (Phi) is 8.58. The Morgan fingerprint density at radius 1 is 1.26 bits per heavy atom. The molecule has 6 nitrogen and oxygen atoms in total. The lowest BCUT2D eigenvalue weighted by Crippen LogP contribution is -2.49. The maximum atomic E-state index is 12.1. The Bertz CT molecular complexity index is 621. The van der Waals surface area contributed by atoms with Crippen LogP contribution in [0.2, 0.25) is 0 Å². The lowest BCUT2D eigenvalue weighted by molar-refractivity contribution is 0.0953. The SMILES string of the molecule is CCCNC(=O)c1cccc(CNC(=NC)NC2CCN(C(C)C)CC2)c1. The van der Waals surface area contributed by atoms with Crippen LogP contribution in [-0.4, -0.2) is 55.5 Å². The molecular weight excluding hydrogens is 338 g/mol. The molecule has 27 heavy (non-hydrogen) atoms. The maximum Gasteiger partial charge on any atom is 0.251 e. The fourth-order valence-electron chi connectivity index (χ4n) is 3.30. The molecular formula is C21H35N5O. The predicted octanol–water partition coefficient (Wildman–Crippen LogP) is 2.36. The number of likely N-dealkylation sites (tertiary alicyclic amines) is 1. The first-order chi connectivity index (χ1) is 13.0. The molecule has 2 rings (SSSR count). The number of benzene rings is 1. The van der Waals surface area contributed by atoms with E-state index in [0.717, 1.165) is 43.9 Å². The summed E-state index contributed by atoms with van der Waals surface area (Å²) >= 11 is 0. The van der Waals surface area contributed by atoms with E-state index in [1.165, 1.54) is 0 Å². The summed E-state index contributed by atoms with van der Waals surface area (Å²) in [6, 6.07) is 8.81. The van der Waals surface area contributed by atoms with Crippen molar-refractivity contribution in [2.75, 3.05) is 26.7 Å². The molecule has 0 bridgehead atoms. The van der Waals surface area contributed by atoms with E-state index < -0.39 is 0 Å². The molecule has 1 amide bonds. The Labute approximate surface area is 163 Å². The van der Waals surface area contributed by atoms with E-state index in [1.807, 2.05) is 31.2 Å². The number of amides is 1. The van der Waals surface area contributed by atoms with Gasteiger partial charge in [0.1, 0.15) is 0 Å². The molecule has 1 aliphatic heterocycles. The van der Waals surface area contributed by atoms with Crippen molar-refractivity contribution in [3.63, 3.8) is 0 Å². The van der Waals surface area contributed by atoms with Gasteiger partial charge in [-0.2, -0.15) is 0 Å². The van der Waals surface area contributed by atoms with Crippen LogP contribution in [0.1, 0.15) is 56.0 Å². The highest BCUT2D eigenvalue weighted by Crippen LogP contribution is 2.13. The van der Waals surface area contributed by atoms with Crippen molar-refractivity contribution in [2.45, 2.75) is 58.7 Å². The van der Waals surface area contributed by atoms with Gasteiger partial charge in [0.15, 0.2) is 5.96 Å². The summed E-state index contributed by atoms with van der Waals surface area (Å²) in [6.07, 6.45) is 3.20. The number of hydrogen-bond acceptors (Lipinski definition) is 3. The van der Waals surface area contributed by atoms with Crippen LogP contribution >= 0.6 is 0 Å². The van der Waals surface area contributed by atoms with Crippen LogP contribution in [0.5, 0.6) is 0 Å². The summed E-state index contributed by atoms with van der Waals surface area (Å²) in [5.41, 5.74) is 1.77. The number of aliphatic imine (C=N–C) groups is 1. The minimum Gasteiger partial charge on any atom is -0.354 e. The Morgan fingerprint density at radius 3 is 2.63 bits per heavy atom. The molecule has 1 aliphatic rings. The molecule has 1 aromatic carbocycles. The Hall–Kier alpha value is -2.08. The van der Waals surface area contributed by atoms with Gasteiger partial charge in [-0.15, -0.1) is 0 Å². The van der Waals surface area contributed by atoms with Gasteiger partial charge in [-0.1, -0.05) is 19.1 Å². The van der Waals surface area contributed by atoms with E-state index >= 15 is 0 Å². The van der Waals surface area contributed by atoms with Crippen LogP contribution in [0.3, 0.4) is 0 Å². The average molecular weight is 374 g/mol. The van der Waals surface area contributed by atoms with Crippen molar-refractivity contribution in [2.24, 2.45) is 4.99 Å². The lowest BCUT2D eigenvalue weighted by atomic mass is 10.0. The highest BCUT2D eigenvalue weighted by atomic mass is 16.1. The molecule has 0 spiro atoms. The highest BCUT2D eigenvalue weighted by Gasteiger charge is 2.21. The second-order valence-electron chi connectivity index (χ2n) is 7.43. The number of carbonyl (C=O) groups is 1. The van der Waals surface area contributed by atoms with E-state index in [-0.39, 0.29) is 5.91 Å². The normalized spacial score (nSPS) is 16.4. The van der Waals surface area contributed by atoms with E-state index in [9.17, 15) is 4.79 Å². The lowest BCUT2D eigenvalue weighted by Gasteiger charge is -2.35.